The van der Waals surface area contributed by atoms with Crippen molar-refractivity contribution in [2.24, 2.45) is 0 Å². The zero-order valence-electron chi connectivity index (χ0n) is 18.0. The minimum absolute atomic E-state index is 0.0247. The van der Waals surface area contributed by atoms with Crippen LogP contribution in [0, 0.1) is 5.82 Å². The molecule has 0 radical (unpaired) electrons. The van der Waals surface area contributed by atoms with Crippen LogP contribution in [0.25, 0.3) is 20.9 Å². The molecular formula is C26H20FN3O3S. The molecule has 8 heteroatoms. The molecule has 2 aromatic heterocycles. The first kappa shape index (κ1) is 21.1. The summed E-state index contributed by atoms with van der Waals surface area (Å²) >= 11 is 1.36. The van der Waals surface area contributed by atoms with E-state index in [1.807, 2.05) is 30.3 Å². The molecule has 3 heterocycles. The van der Waals surface area contributed by atoms with Crippen LogP contribution in [0.3, 0.4) is 0 Å². The number of aliphatic carboxylic acids is 1. The van der Waals surface area contributed by atoms with Crippen LogP contribution in [0.15, 0.2) is 72.8 Å². The van der Waals surface area contributed by atoms with Gasteiger partial charge in [0.25, 0.3) is 0 Å². The third kappa shape index (κ3) is 3.42. The van der Waals surface area contributed by atoms with Gasteiger partial charge in [0.1, 0.15) is 21.2 Å². The van der Waals surface area contributed by atoms with Gasteiger partial charge < -0.3 is 10.2 Å². The number of benzene rings is 2. The maximum atomic E-state index is 15.0. The standard InChI is InChI=1S/C26H20FN3O3S/c27-19-12-16(13-30-14-26(33,15-30)24(31)32)6-7-18(19)22-28-20-8-9-21(29-23(20)34-22)25(10-11-25)17-4-2-1-3-5-17/h1-12,33H,13-15H2,(H,31,32). The van der Waals surface area contributed by atoms with Gasteiger partial charge in [-0.15, -0.1) is 0 Å². The van der Waals surface area contributed by atoms with Crippen molar-refractivity contribution in [2.45, 2.75) is 17.6 Å². The summed E-state index contributed by atoms with van der Waals surface area (Å²) in [6.45, 7) is 0.417. The lowest BCUT2D eigenvalue weighted by molar-refractivity contribution is -0.178. The fourth-order valence-corrected chi connectivity index (χ4v) is 5.47. The quantitative estimate of drug-likeness (QED) is 0.412. The number of pyridine rings is 1. The molecule has 0 saturated carbocycles. The van der Waals surface area contributed by atoms with E-state index in [-0.39, 0.29) is 18.5 Å². The van der Waals surface area contributed by atoms with Gasteiger partial charge in [0, 0.05) is 25.2 Å². The Balaban J connectivity index is 1.24. The molecule has 6 rings (SSSR count). The van der Waals surface area contributed by atoms with E-state index in [4.69, 9.17) is 10.1 Å². The SMILES string of the molecule is O=C(O)C1(O)CN(Cc2ccc(-c3nc4ccc(C5(c6ccccc6)C=C5)nc4s3)c(F)c2)C1. The number of β-amino-alcohol motifs (C(OH)–C–C–N with tert-alkyl or cyclic N) is 1. The highest BCUT2D eigenvalue weighted by molar-refractivity contribution is 7.21. The van der Waals surface area contributed by atoms with Crippen molar-refractivity contribution in [3.63, 3.8) is 0 Å². The number of aliphatic hydroxyl groups is 1. The number of aromatic nitrogens is 2. The lowest BCUT2D eigenvalue weighted by Gasteiger charge is -2.43. The maximum Gasteiger partial charge on any atom is 0.338 e. The highest BCUT2D eigenvalue weighted by atomic mass is 32.1. The van der Waals surface area contributed by atoms with Gasteiger partial charge in [-0.2, -0.15) is 0 Å². The van der Waals surface area contributed by atoms with E-state index in [0.717, 1.165) is 21.6 Å². The minimum Gasteiger partial charge on any atom is -0.479 e. The van der Waals surface area contributed by atoms with E-state index in [1.165, 1.54) is 17.4 Å². The number of nitrogens with zero attached hydrogens (tertiary/aromatic N) is 3. The Morgan fingerprint density at radius 1 is 1.06 bits per heavy atom. The van der Waals surface area contributed by atoms with Gasteiger partial charge in [0.2, 0.25) is 0 Å². The summed E-state index contributed by atoms with van der Waals surface area (Å²) in [6.07, 6.45) is 4.26. The largest absolute Gasteiger partial charge is 0.479 e. The second kappa shape index (κ2) is 7.53. The second-order valence-electron chi connectivity index (χ2n) is 8.90. The number of carbonyl (C=O) groups is 1. The van der Waals surface area contributed by atoms with E-state index in [9.17, 15) is 14.3 Å². The minimum atomic E-state index is -1.71. The van der Waals surface area contributed by atoms with Crippen LogP contribution in [0.4, 0.5) is 4.39 Å². The third-order valence-corrected chi connectivity index (χ3v) is 7.47. The van der Waals surface area contributed by atoms with E-state index >= 15 is 0 Å². The molecule has 1 aliphatic heterocycles. The molecule has 0 bridgehead atoms. The van der Waals surface area contributed by atoms with Gasteiger partial charge in [-0.25, -0.2) is 19.2 Å². The number of fused-ring (bicyclic) bond motifs is 1. The molecule has 170 valence electrons. The third-order valence-electron chi connectivity index (χ3n) is 6.47. The summed E-state index contributed by atoms with van der Waals surface area (Å²) in [7, 11) is 0. The predicted octanol–water partition coefficient (Wildman–Crippen LogP) is 3.98. The molecule has 1 aliphatic carbocycles. The van der Waals surface area contributed by atoms with Gasteiger partial charge in [-0.1, -0.05) is 59.9 Å². The zero-order chi connectivity index (χ0) is 23.5. The van der Waals surface area contributed by atoms with Crippen LogP contribution in [-0.2, 0) is 16.8 Å². The van der Waals surface area contributed by atoms with Crippen molar-refractivity contribution in [1.29, 1.82) is 0 Å². The van der Waals surface area contributed by atoms with Crippen LogP contribution < -0.4 is 0 Å². The summed E-state index contributed by atoms with van der Waals surface area (Å²) in [4.78, 5) is 23.0. The first-order chi connectivity index (χ1) is 16.4. The van der Waals surface area contributed by atoms with Crippen LogP contribution in [0.1, 0.15) is 16.8 Å². The Hall–Kier alpha value is -3.46. The first-order valence-corrected chi connectivity index (χ1v) is 11.7. The molecular weight excluding hydrogens is 453 g/mol. The Labute approximate surface area is 198 Å². The molecule has 6 nitrogen and oxygen atoms in total. The van der Waals surface area contributed by atoms with Gasteiger partial charge in [-0.3, -0.25) is 4.90 Å². The smallest absolute Gasteiger partial charge is 0.338 e. The van der Waals surface area contributed by atoms with E-state index < -0.39 is 17.4 Å². The Kier molecular flexibility index (Phi) is 4.67. The average Bonchev–Trinajstić information content (AvgIpc) is 3.51. The normalized spacial score (nSPS) is 18.1. The zero-order valence-corrected chi connectivity index (χ0v) is 18.8. The summed E-state index contributed by atoms with van der Waals surface area (Å²) in [5, 5.41) is 19.4. The topological polar surface area (TPSA) is 86.5 Å². The van der Waals surface area contributed by atoms with Gasteiger partial charge in [0.15, 0.2) is 5.60 Å². The van der Waals surface area contributed by atoms with E-state index in [2.05, 4.69) is 29.3 Å². The average molecular weight is 474 g/mol. The van der Waals surface area contributed by atoms with Crippen LogP contribution in [0.5, 0.6) is 0 Å². The predicted molar refractivity (Wildman–Crippen MR) is 127 cm³/mol. The number of thiazole rings is 1. The van der Waals surface area contributed by atoms with Gasteiger partial charge >= 0.3 is 5.97 Å². The van der Waals surface area contributed by atoms with Crippen LogP contribution >= 0.6 is 11.3 Å². The maximum absolute atomic E-state index is 15.0. The Morgan fingerprint density at radius 2 is 1.82 bits per heavy atom. The number of rotatable bonds is 6. The number of halogens is 1. The fraction of sp³-hybridized carbons (Fsp3) is 0.192. The summed E-state index contributed by atoms with van der Waals surface area (Å²) < 4.78 is 15.0. The lowest BCUT2D eigenvalue weighted by Crippen LogP contribution is -2.65. The monoisotopic (exact) mass is 473 g/mol. The number of likely N-dealkylation sites (tertiary alicyclic amines) is 1. The molecule has 1 saturated heterocycles. The van der Waals surface area contributed by atoms with Crippen molar-refractivity contribution >= 4 is 27.7 Å². The lowest BCUT2D eigenvalue weighted by atomic mass is 9.89. The molecule has 2 aromatic carbocycles. The molecule has 0 amide bonds. The molecule has 2 aliphatic rings. The van der Waals surface area contributed by atoms with Crippen LogP contribution in [0.2, 0.25) is 0 Å². The van der Waals surface area contributed by atoms with Crippen LogP contribution in [-0.4, -0.2) is 49.7 Å². The fourth-order valence-electron chi connectivity index (χ4n) is 4.50. The molecule has 0 unspecified atom stereocenters. The summed E-state index contributed by atoms with van der Waals surface area (Å²) in [5.41, 5.74) is 1.94. The molecule has 0 spiro atoms. The van der Waals surface area contributed by atoms with Crippen molar-refractivity contribution in [3.8, 4) is 10.6 Å². The molecule has 0 atom stereocenters. The van der Waals surface area contributed by atoms with Crippen molar-refractivity contribution < 1.29 is 19.4 Å². The first-order valence-electron chi connectivity index (χ1n) is 10.9. The number of carboxylic acids is 1. The van der Waals surface area contributed by atoms with Crippen molar-refractivity contribution in [2.75, 3.05) is 13.1 Å². The van der Waals surface area contributed by atoms with Crippen molar-refractivity contribution in [3.05, 3.63) is 95.5 Å². The van der Waals surface area contributed by atoms with Crippen molar-refractivity contribution in [1.82, 2.24) is 14.9 Å². The molecule has 2 N–H and O–H groups in total. The van der Waals surface area contributed by atoms with Gasteiger partial charge in [0.05, 0.1) is 11.1 Å². The van der Waals surface area contributed by atoms with E-state index in [1.54, 1.807) is 17.0 Å². The number of hydrogen-bond donors (Lipinski definition) is 2. The highest BCUT2D eigenvalue weighted by Crippen LogP contribution is 2.45. The number of allylic oxidation sites excluding steroid dienone is 2. The summed E-state index contributed by atoms with van der Waals surface area (Å²) in [5.74, 6) is -1.62. The Bertz CT molecular complexity index is 1450. The second-order valence-corrected chi connectivity index (χ2v) is 9.88. The molecule has 4 aromatic rings. The number of hydrogen-bond acceptors (Lipinski definition) is 6. The number of carboxylic acid groups (broad SMARTS) is 1. The molecule has 1 fully saturated rings. The molecule has 34 heavy (non-hydrogen) atoms. The van der Waals surface area contributed by atoms with E-state index in [0.29, 0.717) is 22.7 Å². The highest BCUT2D eigenvalue weighted by Gasteiger charge is 2.47. The van der Waals surface area contributed by atoms with Gasteiger partial charge in [-0.05, 0) is 35.4 Å². The Morgan fingerprint density at radius 3 is 2.50 bits per heavy atom. The summed E-state index contributed by atoms with van der Waals surface area (Å²) in [6, 6.07) is 19.0.